The van der Waals surface area contributed by atoms with E-state index in [9.17, 15) is 14.4 Å². The van der Waals surface area contributed by atoms with Gasteiger partial charge in [0.1, 0.15) is 0 Å². The first-order valence-electron chi connectivity index (χ1n) is 6.62. The van der Waals surface area contributed by atoms with Crippen LogP contribution < -0.4 is 16.0 Å². The van der Waals surface area contributed by atoms with Crippen molar-refractivity contribution in [3.63, 3.8) is 0 Å². The number of hydrogen-bond acceptors (Lipinski definition) is 3. The molecule has 0 unspecified atom stereocenters. The van der Waals surface area contributed by atoms with E-state index in [0.717, 1.165) is 18.4 Å². The Bertz CT molecular complexity index is 593. The topological polar surface area (TPSA) is 87.3 Å². The van der Waals surface area contributed by atoms with Gasteiger partial charge in [-0.3, -0.25) is 14.4 Å². The van der Waals surface area contributed by atoms with Crippen LogP contribution in [0.15, 0.2) is 18.2 Å². The molecule has 0 spiro atoms. The molecule has 104 valence electrons. The summed E-state index contributed by atoms with van der Waals surface area (Å²) in [7, 11) is 0. The van der Waals surface area contributed by atoms with Gasteiger partial charge in [-0.1, -0.05) is 6.07 Å². The van der Waals surface area contributed by atoms with Crippen molar-refractivity contribution in [2.24, 2.45) is 0 Å². The number of fused-ring (bicyclic) bond motifs is 1. The van der Waals surface area contributed by atoms with Crippen LogP contribution in [0, 0.1) is 0 Å². The standard InChI is InChI=1S/C14H15N3O3/c18-12-6-8-1-2-9(5-11(8)17-12)14(20)15-7-13(19)16-10-3-4-10/h1-2,5,10H,3-4,6-7H2,(H,15,20)(H,16,19)(H,17,18). The summed E-state index contributed by atoms with van der Waals surface area (Å²) in [6.07, 6.45) is 2.38. The molecule has 1 fully saturated rings. The maximum atomic E-state index is 11.9. The van der Waals surface area contributed by atoms with Crippen LogP contribution in [0.5, 0.6) is 0 Å². The van der Waals surface area contributed by atoms with E-state index in [4.69, 9.17) is 0 Å². The van der Waals surface area contributed by atoms with Gasteiger partial charge in [0.2, 0.25) is 11.8 Å². The fourth-order valence-electron chi connectivity index (χ4n) is 2.12. The Morgan fingerprint density at radius 1 is 1.30 bits per heavy atom. The Balaban J connectivity index is 1.58. The lowest BCUT2D eigenvalue weighted by molar-refractivity contribution is -0.120. The summed E-state index contributed by atoms with van der Waals surface area (Å²) >= 11 is 0. The Morgan fingerprint density at radius 2 is 2.10 bits per heavy atom. The highest BCUT2D eigenvalue weighted by Gasteiger charge is 2.23. The highest BCUT2D eigenvalue weighted by molar-refractivity contribution is 6.02. The molecular formula is C14H15N3O3. The Hall–Kier alpha value is -2.37. The second kappa shape index (κ2) is 4.96. The molecule has 1 heterocycles. The quantitative estimate of drug-likeness (QED) is 0.732. The molecule has 0 saturated heterocycles. The van der Waals surface area contributed by atoms with Gasteiger partial charge >= 0.3 is 0 Å². The summed E-state index contributed by atoms with van der Waals surface area (Å²) in [4.78, 5) is 34.6. The van der Waals surface area contributed by atoms with Gasteiger partial charge in [-0.05, 0) is 30.5 Å². The van der Waals surface area contributed by atoms with Crippen molar-refractivity contribution in [2.75, 3.05) is 11.9 Å². The van der Waals surface area contributed by atoms with E-state index in [1.807, 2.05) is 0 Å². The molecule has 20 heavy (non-hydrogen) atoms. The number of anilines is 1. The number of benzene rings is 1. The van der Waals surface area contributed by atoms with Crippen molar-refractivity contribution >= 4 is 23.4 Å². The van der Waals surface area contributed by atoms with E-state index < -0.39 is 0 Å². The zero-order chi connectivity index (χ0) is 14.1. The molecule has 6 heteroatoms. The van der Waals surface area contributed by atoms with Crippen molar-refractivity contribution in [1.82, 2.24) is 10.6 Å². The zero-order valence-electron chi connectivity index (χ0n) is 10.9. The van der Waals surface area contributed by atoms with Gasteiger partial charge in [0, 0.05) is 17.3 Å². The van der Waals surface area contributed by atoms with Gasteiger partial charge in [-0.25, -0.2) is 0 Å². The first-order valence-corrected chi connectivity index (χ1v) is 6.62. The third-order valence-electron chi connectivity index (χ3n) is 3.35. The lowest BCUT2D eigenvalue weighted by Crippen LogP contribution is -2.37. The molecule has 0 atom stereocenters. The third-order valence-corrected chi connectivity index (χ3v) is 3.35. The predicted molar refractivity (Wildman–Crippen MR) is 72.3 cm³/mol. The molecule has 0 radical (unpaired) electrons. The summed E-state index contributed by atoms with van der Waals surface area (Å²) in [6.45, 7) is -0.0290. The second-order valence-electron chi connectivity index (χ2n) is 5.12. The minimum absolute atomic E-state index is 0.0290. The molecule has 1 aromatic rings. The fourth-order valence-corrected chi connectivity index (χ4v) is 2.12. The Labute approximate surface area is 115 Å². The lowest BCUT2D eigenvalue weighted by atomic mass is 10.1. The molecule has 1 saturated carbocycles. The molecule has 1 aliphatic carbocycles. The largest absolute Gasteiger partial charge is 0.352 e. The first kappa shape index (κ1) is 12.7. The molecule has 0 aromatic heterocycles. The average molecular weight is 273 g/mol. The van der Waals surface area contributed by atoms with Crippen LogP contribution in [-0.4, -0.2) is 30.3 Å². The van der Waals surface area contributed by atoms with Gasteiger partial charge in [-0.2, -0.15) is 0 Å². The second-order valence-corrected chi connectivity index (χ2v) is 5.12. The number of rotatable bonds is 4. The fraction of sp³-hybridized carbons (Fsp3) is 0.357. The van der Waals surface area contributed by atoms with Crippen molar-refractivity contribution in [1.29, 1.82) is 0 Å². The molecule has 0 bridgehead atoms. The van der Waals surface area contributed by atoms with E-state index in [-0.39, 0.29) is 30.3 Å². The van der Waals surface area contributed by atoms with Crippen molar-refractivity contribution in [3.05, 3.63) is 29.3 Å². The maximum absolute atomic E-state index is 11.9. The van der Waals surface area contributed by atoms with Crippen LogP contribution in [0.1, 0.15) is 28.8 Å². The Morgan fingerprint density at radius 3 is 2.85 bits per heavy atom. The van der Waals surface area contributed by atoms with E-state index >= 15 is 0 Å². The summed E-state index contributed by atoms with van der Waals surface area (Å²) < 4.78 is 0. The van der Waals surface area contributed by atoms with Crippen LogP contribution in [-0.2, 0) is 16.0 Å². The number of nitrogens with one attached hydrogen (secondary N) is 3. The van der Waals surface area contributed by atoms with Gasteiger partial charge < -0.3 is 16.0 Å². The van der Waals surface area contributed by atoms with E-state index in [1.54, 1.807) is 18.2 Å². The lowest BCUT2D eigenvalue weighted by Gasteiger charge is -2.07. The normalized spacial score (nSPS) is 16.3. The molecule has 1 aliphatic heterocycles. The highest BCUT2D eigenvalue weighted by atomic mass is 16.2. The number of hydrogen-bond donors (Lipinski definition) is 3. The van der Waals surface area contributed by atoms with Gasteiger partial charge in [0.25, 0.3) is 5.91 Å². The van der Waals surface area contributed by atoms with Crippen LogP contribution in [0.4, 0.5) is 5.69 Å². The molecular weight excluding hydrogens is 258 g/mol. The summed E-state index contributed by atoms with van der Waals surface area (Å²) in [6, 6.07) is 5.34. The molecule has 3 N–H and O–H groups in total. The van der Waals surface area contributed by atoms with Crippen LogP contribution in [0.3, 0.4) is 0 Å². The summed E-state index contributed by atoms with van der Waals surface area (Å²) in [5.41, 5.74) is 1.99. The minimum Gasteiger partial charge on any atom is -0.352 e. The number of carbonyl (C=O) groups excluding carboxylic acids is 3. The molecule has 1 aromatic carbocycles. The van der Waals surface area contributed by atoms with E-state index in [1.165, 1.54) is 0 Å². The van der Waals surface area contributed by atoms with Crippen molar-refractivity contribution in [3.8, 4) is 0 Å². The minimum atomic E-state index is -0.320. The maximum Gasteiger partial charge on any atom is 0.251 e. The molecule has 6 nitrogen and oxygen atoms in total. The van der Waals surface area contributed by atoms with Crippen LogP contribution in [0.2, 0.25) is 0 Å². The SMILES string of the molecule is O=C1Cc2ccc(C(=O)NCC(=O)NC3CC3)cc2N1. The number of carbonyl (C=O) groups is 3. The summed E-state index contributed by atoms with van der Waals surface area (Å²) in [5.74, 6) is -0.559. The van der Waals surface area contributed by atoms with Gasteiger partial charge in [0.05, 0.1) is 13.0 Å². The van der Waals surface area contributed by atoms with Gasteiger partial charge in [-0.15, -0.1) is 0 Å². The average Bonchev–Trinajstić information content (AvgIpc) is 3.14. The smallest absolute Gasteiger partial charge is 0.251 e. The van der Waals surface area contributed by atoms with Crippen LogP contribution in [0.25, 0.3) is 0 Å². The summed E-state index contributed by atoms with van der Waals surface area (Å²) in [5, 5.41) is 8.06. The Kier molecular flexibility index (Phi) is 3.14. The molecule has 3 amide bonds. The molecule has 3 rings (SSSR count). The predicted octanol–water partition coefficient (Wildman–Crippen LogP) is 0.190. The third kappa shape index (κ3) is 2.79. The van der Waals surface area contributed by atoms with E-state index in [2.05, 4.69) is 16.0 Å². The number of amides is 3. The van der Waals surface area contributed by atoms with E-state index in [0.29, 0.717) is 17.7 Å². The van der Waals surface area contributed by atoms with Gasteiger partial charge in [0.15, 0.2) is 0 Å². The van der Waals surface area contributed by atoms with Crippen LogP contribution >= 0.6 is 0 Å². The highest BCUT2D eigenvalue weighted by Crippen LogP contribution is 2.23. The zero-order valence-corrected chi connectivity index (χ0v) is 10.9. The van der Waals surface area contributed by atoms with Crippen molar-refractivity contribution in [2.45, 2.75) is 25.3 Å². The molecule has 2 aliphatic rings. The van der Waals surface area contributed by atoms with Crippen molar-refractivity contribution < 1.29 is 14.4 Å². The first-order chi connectivity index (χ1) is 9.61. The monoisotopic (exact) mass is 273 g/mol.